The van der Waals surface area contributed by atoms with Crippen LogP contribution < -0.4 is 10.6 Å². The van der Waals surface area contributed by atoms with Gasteiger partial charge in [-0.25, -0.2) is 4.79 Å². The van der Waals surface area contributed by atoms with Crippen molar-refractivity contribution in [2.24, 2.45) is 0 Å². The minimum absolute atomic E-state index is 0.176. The highest BCUT2D eigenvalue weighted by atomic mass is 16.5. The molecule has 1 aliphatic heterocycles. The Kier molecular flexibility index (Phi) is 7.12. The molecule has 2 heterocycles. The molecular weight excluding hydrogens is 444 g/mol. The summed E-state index contributed by atoms with van der Waals surface area (Å²) in [6.45, 7) is 8.73. The number of amides is 2. The van der Waals surface area contributed by atoms with E-state index >= 15 is 0 Å². The number of benzene rings is 2. The van der Waals surface area contributed by atoms with Crippen molar-refractivity contribution in [3.05, 3.63) is 65.4 Å². The molecule has 2 amide bonds. The quantitative estimate of drug-likeness (QED) is 0.521. The van der Waals surface area contributed by atoms with E-state index in [9.17, 15) is 14.4 Å². The summed E-state index contributed by atoms with van der Waals surface area (Å²) in [7, 11) is 0. The summed E-state index contributed by atoms with van der Waals surface area (Å²) in [4.78, 5) is 44.5. The molecule has 1 unspecified atom stereocenters. The molecule has 182 valence electrons. The van der Waals surface area contributed by atoms with E-state index in [1.165, 1.54) is 6.92 Å². The van der Waals surface area contributed by atoms with Crippen molar-refractivity contribution in [2.45, 2.75) is 52.8 Å². The number of carbonyl (C=O) groups excluding carboxylic acids is 3. The Morgan fingerprint density at radius 3 is 2.29 bits per heavy atom. The largest absolute Gasteiger partial charge is 0.449 e. The minimum atomic E-state index is -1.01. The molecule has 0 fully saturated rings. The van der Waals surface area contributed by atoms with Gasteiger partial charge in [0.25, 0.3) is 5.91 Å². The molecular formula is C27H30N4O4. The van der Waals surface area contributed by atoms with Crippen molar-refractivity contribution < 1.29 is 19.1 Å². The number of rotatable bonds is 6. The van der Waals surface area contributed by atoms with E-state index in [4.69, 9.17) is 9.72 Å². The van der Waals surface area contributed by atoms with Gasteiger partial charge in [-0.15, -0.1) is 0 Å². The van der Waals surface area contributed by atoms with Gasteiger partial charge in [-0.05, 0) is 51.1 Å². The molecule has 0 saturated heterocycles. The summed E-state index contributed by atoms with van der Waals surface area (Å²) < 4.78 is 5.66. The first kappa shape index (κ1) is 24.3. The Morgan fingerprint density at radius 2 is 1.63 bits per heavy atom. The van der Waals surface area contributed by atoms with Crippen molar-refractivity contribution in [3.63, 3.8) is 0 Å². The summed E-state index contributed by atoms with van der Waals surface area (Å²) in [6.07, 6.45) is -0.256. The van der Waals surface area contributed by atoms with Crippen LogP contribution in [0.25, 0.3) is 10.9 Å². The van der Waals surface area contributed by atoms with E-state index in [1.54, 1.807) is 31.2 Å². The monoisotopic (exact) mass is 474 g/mol. The zero-order chi connectivity index (χ0) is 25.1. The van der Waals surface area contributed by atoms with Crippen molar-refractivity contribution in [1.82, 2.24) is 9.88 Å². The Morgan fingerprint density at radius 1 is 0.971 bits per heavy atom. The molecule has 35 heavy (non-hydrogen) atoms. The number of pyridine rings is 1. The predicted octanol–water partition coefficient (Wildman–Crippen LogP) is 4.14. The van der Waals surface area contributed by atoms with E-state index in [0.717, 1.165) is 35.1 Å². The second kappa shape index (κ2) is 10.2. The zero-order valence-corrected chi connectivity index (χ0v) is 20.4. The van der Waals surface area contributed by atoms with Crippen LogP contribution in [0.3, 0.4) is 0 Å². The maximum absolute atomic E-state index is 13.4. The second-order valence-electron chi connectivity index (χ2n) is 9.04. The smallest absolute Gasteiger partial charge is 0.339 e. The first-order valence-corrected chi connectivity index (χ1v) is 11.8. The molecule has 0 saturated carbocycles. The molecule has 2 aromatic carbocycles. The Hall–Kier alpha value is -3.78. The van der Waals surface area contributed by atoms with Crippen LogP contribution in [0.4, 0.5) is 11.4 Å². The third-order valence-electron chi connectivity index (χ3n) is 6.14. The Bertz CT molecular complexity index is 1270. The van der Waals surface area contributed by atoms with Crippen LogP contribution in [0.2, 0.25) is 0 Å². The van der Waals surface area contributed by atoms with Crippen LogP contribution in [-0.2, 0) is 27.3 Å². The van der Waals surface area contributed by atoms with Gasteiger partial charge in [0.1, 0.15) is 0 Å². The van der Waals surface area contributed by atoms with Gasteiger partial charge in [-0.1, -0.05) is 18.2 Å². The lowest BCUT2D eigenvalue weighted by Gasteiger charge is -2.32. The summed E-state index contributed by atoms with van der Waals surface area (Å²) in [6, 6.07) is 14.6. The minimum Gasteiger partial charge on any atom is -0.449 e. The molecule has 4 rings (SSSR count). The van der Waals surface area contributed by atoms with Crippen LogP contribution in [0, 0.1) is 0 Å². The van der Waals surface area contributed by atoms with E-state index in [2.05, 4.69) is 29.4 Å². The van der Waals surface area contributed by atoms with E-state index < -0.39 is 18.0 Å². The Balaban J connectivity index is 1.54. The van der Waals surface area contributed by atoms with Gasteiger partial charge in [0.15, 0.2) is 6.10 Å². The van der Waals surface area contributed by atoms with Crippen molar-refractivity contribution in [3.8, 4) is 0 Å². The fourth-order valence-corrected chi connectivity index (χ4v) is 4.24. The van der Waals surface area contributed by atoms with Crippen LogP contribution in [-0.4, -0.2) is 46.4 Å². The number of para-hydroxylation sites is 1. The fourth-order valence-electron chi connectivity index (χ4n) is 4.24. The topological polar surface area (TPSA) is 101 Å². The summed E-state index contributed by atoms with van der Waals surface area (Å²) in [5, 5.41) is 6.15. The highest BCUT2D eigenvalue weighted by molar-refractivity contribution is 6.06. The normalized spacial score (nSPS) is 14.3. The first-order valence-electron chi connectivity index (χ1n) is 11.8. The number of carbonyl (C=O) groups is 3. The first-order chi connectivity index (χ1) is 16.7. The maximum atomic E-state index is 13.4. The van der Waals surface area contributed by atoms with E-state index in [0.29, 0.717) is 29.5 Å². The fraction of sp³-hybridized carbons (Fsp3) is 0.333. The van der Waals surface area contributed by atoms with Crippen LogP contribution in [0.5, 0.6) is 0 Å². The van der Waals surface area contributed by atoms with Gasteiger partial charge in [0.05, 0.1) is 11.1 Å². The highest BCUT2D eigenvalue weighted by Crippen LogP contribution is 2.30. The molecule has 8 nitrogen and oxygen atoms in total. The Labute approximate surface area is 204 Å². The molecule has 0 spiro atoms. The highest BCUT2D eigenvalue weighted by Gasteiger charge is 2.29. The molecule has 0 aliphatic carbocycles. The molecule has 2 N–H and O–H groups in total. The maximum Gasteiger partial charge on any atom is 0.339 e. The van der Waals surface area contributed by atoms with Crippen molar-refractivity contribution in [2.75, 3.05) is 17.2 Å². The third kappa shape index (κ3) is 5.49. The van der Waals surface area contributed by atoms with Gasteiger partial charge in [0.2, 0.25) is 5.91 Å². The van der Waals surface area contributed by atoms with Gasteiger partial charge in [-0.3, -0.25) is 19.5 Å². The van der Waals surface area contributed by atoms with E-state index in [1.807, 2.05) is 24.3 Å². The SMILES string of the molecule is CC(=O)Nc1ccc(NC(=O)C(C)OC(=O)c2c3c(nc4ccccc24)CCN(C(C)C)C3)cc1. The number of nitrogens with one attached hydrogen (secondary N) is 2. The van der Waals surface area contributed by atoms with Crippen molar-refractivity contribution in [1.29, 1.82) is 0 Å². The summed E-state index contributed by atoms with van der Waals surface area (Å²) in [5.74, 6) is -1.15. The standard InChI is InChI=1S/C27H30N4O4/c1-16(2)31-14-13-24-22(15-31)25(21-7-5-6-8-23(21)30-24)27(34)35-17(3)26(33)29-20-11-9-19(10-12-20)28-18(4)32/h5-12,16-17H,13-15H2,1-4H3,(H,28,32)(H,29,33). The molecule has 1 atom stereocenters. The van der Waals surface area contributed by atoms with Gasteiger partial charge < -0.3 is 15.4 Å². The van der Waals surface area contributed by atoms with Crippen LogP contribution >= 0.6 is 0 Å². The number of fused-ring (bicyclic) bond motifs is 2. The number of esters is 1. The average molecular weight is 475 g/mol. The number of hydrogen-bond acceptors (Lipinski definition) is 6. The van der Waals surface area contributed by atoms with Gasteiger partial charge in [-0.2, -0.15) is 0 Å². The number of anilines is 2. The number of ether oxygens (including phenoxy) is 1. The summed E-state index contributed by atoms with van der Waals surface area (Å²) >= 11 is 0. The lowest BCUT2D eigenvalue weighted by molar-refractivity contribution is -0.123. The molecule has 1 aliphatic rings. The van der Waals surface area contributed by atoms with Crippen LogP contribution in [0.15, 0.2) is 48.5 Å². The second-order valence-corrected chi connectivity index (χ2v) is 9.04. The van der Waals surface area contributed by atoms with Gasteiger partial charge >= 0.3 is 5.97 Å². The predicted molar refractivity (Wildman–Crippen MR) is 135 cm³/mol. The third-order valence-corrected chi connectivity index (χ3v) is 6.14. The lowest BCUT2D eigenvalue weighted by atomic mass is 9.95. The van der Waals surface area contributed by atoms with Gasteiger partial charge in [0, 0.05) is 60.5 Å². The number of aromatic nitrogens is 1. The molecule has 0 bridgehead atoms. The molecule has 1 aromatic heterocycles. The number of hydrogen-bond donors (Lipinski definition) is 2. The average Bonchev–Trinajstić information content (AvgIpc) is 2.82. The molecule has 8 heteroatoms. The molecule has 3 aromatic rings. The van der Waals surface area contributed by atoms with E-state index in [-0.39, 0.29) is 5.91 Å². The lowest BCUT2D eigenvalue weighted by Crippen LogP contribution is -2.37. The van der Waals surface area contributed by atoms with Crippen LogP contribution in [0.1, 0.15) is 49.3 Å². The zero-order valence-electron chi connectivity index (χ0n) is 20.4. The number of nitrogens with zero attached hydrogens (tertiary/aromatic N) is 2. The van der Waals surface area contributed by atoms with Crippen molar-refractivity contribution >= 4 is 40.1 Å². The molecule has 0 radical (unpaired) electrons. The summed E-state index contributed by atoms with van der Waals surface area (Å²) in [5.41, 5.74) is 4.16.